The van der Waals surface area contributed by atoms with E-state index >= 15 is 0 Å². The van der Waals surface area contributed by atoms with E-state index < -0.39 is 0 Å². The van der Waals surface area contributed by atoms with Crippen molar-refractivity contribution in [1.29, 1.82) is 0 Å². The second-order valence-electron chi connectivity index (χ2n) is 4.66. The standard InChI is InChI=1S/C16H10Cl3NO2S/c1-22-8-5-6-12-9(7-8)13(18)15(23-12)16(21)20-11-4-2-3-10(17)14(11)19/h2-7H,1H3,(H,20,21). The van der Waals surface area contributed by atoms with Gasteiger partial charge in [0.15, 0.2) is 0 Å². The van der Waals surface area contributed by atoms with E-state index in [1.165, 1.54) is 11.3 Å². The zero-order valence-corrected chi connectivity index (χ0v) is 14.9. The lowest BCUT2D eigenvalue weighted by Crippen LogP contribution is -2.11. The maximum Gasteiger partial charge on any atom is 0.267 e. The molecule has 0 aliphatic heterocycles. The van der Waals surface area contributed by atoms with Crippen LogP contribution in [0.2, 0.25) is 15.1 Å². The van der Waals surface area contributed by atoms with E-state index in [0.717, 1.165) is 10.1 Å². The number of hydrogen-bond donors (Lipinski definition) is 1. The Hall–Kier alpha value is -1.46. The third kappa shape index (κ3) is 3.12. The van der Waals surface area contributed by atoms with Crippen LogP contribution >= 0.6 is 46.1 Å². The number of carbonyl (C=O) groups excluding carboxylic acids is 1. The number of rotatable bonds is 3. The number of ether oxygens (including phenoxy) is 1. The first kappa shape index (κ1) is 16.4. The summed E-state index contributed by atoms with van der Waals surface area (Å²) in [7, 11) is 1.58. The summed E-state index contributed by atoms with van der Waals surface area (Å²) < 4.78 is 6.09. The Kier molecular flexibility index (Phi) is 4.69. The normalized spacial score (nSPS) is 10.8. The first-order chi connectivity index (χ1) is 11.0. The highest BCUT2D eigenvalue weighted by atomic mass is 35.5. The molecule has 0 radical (unpaired) electrons. The van der Waals surface area contributed by atoms with Gasteiger partial charge >= 0.3 is 0 Å². The second-order valence-corrected chi connectivity index (χ2v) is 6.88. The summed E-state index contributed by atoms with van der Waals surface area (Å²) in [5, 5.41) is 4.57. The Balaban J connectivity index is 1.98. The maximum atomic E-state index is 12.5. The summed E-state index contributed by atoms with van der Waals surface area (Å²) in [6.07, 6.45) is 0. The van der Waals surface area contributed by atoms with Gasteiger partial charge in [-0.3, -0.25) is 4.79 Å². The first-order valence-electron chi connectivity index (χ1n) is 6.52. The van der Waals surface area contributed by atoms with Gasteiger partial charge in [-0.1, -0.05) is 40.9 Å². The molecule has 0 fully saturated rings. The van der Waals surface area contributed by atoms with E-state index in [1.807, 2.05) is 12.1 Å². The SMILES string of the molecule is COc1ccc2sc(C(=O)Nc3cccc(Cl)c3Cl)c(Cl)c2c1. The van der Waals surface area contributed by atoms with E-state index in [9.17, 15) is 4.79 Å². The summed E-state index contributed by atoms with van der Waals surface area (Å²) in [5.41, 5.74) is 0.440. The minimum atomic E-state index is -0.334. The first-order valence-corrected chi connectivity index (χ1v) is 8.47. The molecule has 1 heterocycles. The van der Waals surface area contributed by atoms with Gasteiger partial charge in [-0.05, 0) is 30.3 Å². The Morgan fingerprint density at radius 1 is 1.13 bits per heavy atom. The van der Waals surface area contributed by atoms with Gasteiger partial charge in [0.1, 0.15) is 10.6 Å². The number of halogens is 3. The predicted molar refractivity (Wildman–Crippen MR) is 97.8 cm³/mol. The maximum absolute atomic E-state index is 12.5. The number of hydrogen-bond acceptors (Lipinski definition) is 3. The van der Waals surface area contributed by atoms with Crippen molar-refractivity contribution >= 4 is 67.8 Å². The van der Waals surface area contributed by atoms with Gasteiger partial charge in [-0.2, -0.15) is 0 Å². The minimum Gasteiger partial charge on any atom is -0.497 e. The van der Waals surface area contributed by atoms with Crippen LogP contribution in [0.1, 0.15) is 9.67 Å². The van der Waals surface area contributed by atoms with Crippen LogP contribution in [-0.4, -0.2) is 13.0 Å². The van der Waals surface area contributed by atoms with Gasteiger partial charge in [0, 0.05) is 10.1 Å². The lowest BCUT2D eigenvalue weighted by atomic mass is 10.2. The van der Waals surface area contributed by atoms with Crippen molar-refractivity contribution in [2.45, 2.75) is 0 Å². The monoisotopic (exact) mass is 385 g/mol. The van der Waals surface area contributed by atoms with Crippen LogP contribution in [0.25, 0.3) is 10.1 Å². The number of nitrogens with one attached hydrogen (secondary N) is 1. The van der Waals surface area contributed by atoms with Gasteiger partial charge in [0.05, 0.1) is 27.9 Å². The zero-order chi connectivity index (χ0) is 16.6. The highest BCUT2D eigenvalue weighted by Gasteiger charge is 2.19. The molecule has 0 spiro atoms. The third-order valence-electron chi connectivity index (χ3n) is 3.24. The molecule has 0 unspecified atom stereocenters. The number of carbonyl (C=O) groups is 1. The van der Waals surface area contributed by atoms with Crippen LogP contribution in [0.3, 0.4) is 0 Å². The quantitative estimate of drug-likeness (QED) is 0.588. The van der Waals surface area contributed by atoms with Crippen molar-refractivity contribution in [2.24, 2.45) is 0 Å². The smallest absolute Gasteiger partial charge is 0.267 e. The number of fused-ring (bicyclic) bond motifs is 1. The summed E-state index contributed by atoms with van der Waals surface area (Å²) >= 11 is 19.7. The van der Waals surface area contributed by atoms with Crippen LogP contribution in [0.5, 0.6) is 5.75 Å². The molecule has 3 nitrogen and oxygen atoms in total. The Morgan fingerprint density at radius 3 is 2.65 bits per heavy atom. The van der Waals surface area contributed by atoms with Gasteiger partial charge < -0.3 is 10.1 Å². The van der Waals surface area contributed by atoms with Crippen molar-refractivity contribution < 1.29 is 9.53 Å². The number of anilines is 1. The highest BCUT2D eigenvalue weighted by Crippen LogP contribution is 2.38. The Bertz CT molecular complexity index is 908. The summed E-state index contributed by atoms with van der Waals surface area (Å²) in [5.74, 6) is 0.348. The van der Waals surface area contributed by atoms with Crippen LogP contribution in [0.15, 0.2) is 36.4 Å². The summed E-state index contributed by atoms with van der Waals surface area (Å²) in [4.78, 5) is 12.9. The minimum absolute atomic E-state index is 0.293. The molecule has 2 aromatic carbocycles. The number of amides is 1. The number of benzene rings is 2. The van der Waals surface area contributed by atoms with Crippen LogP contribution in [0, 0.1) is 0 Å². The van der Waals surface area contributed by atoms with E-state index in [0.29, 0.717) is 31.4 Å². The Labute approximate surface area is 151 Å². The zero-order valence-electron chi connectivity index (χ0n) is 11.8. The fourth-order valence-corrected chi connectivity index (χ4v) is 3.83. The van der Waals surface area contributed by atoms with E-state index in [1.54, 1.807) is 31.4 Å². The van der Waals surface area contributed by atoms with Crippen molar-refractivity contribution in [3.8, 4) is 5.75 Å². The van der Waals surface area contributed by atoms with Gasteiger partial charge in [0.2, 0.25) is 0 Å². The lowest BCUT2D eigenvalue weighted by molar-refractivity contribution is 0.103. The fraction of sp³-hybridized carbons (Fsp3) is 0.0625. The molecule has 3 rings (SSSR count). The van der Waals surface area contributed by atoms with Crippen molar-refractivity contribution in [3.63, 3.8) is 0 Å². The molecule has 0 aliphatic carbocycles. The average Bonchev–Trinajstić information content (AvgIpc) is 2.88. The molecule has 3 aromatic rings. The molecule has 23 heavy (non-hydrogen) atoms. The fourth-order valence-electron chi connectivity index (χ4n) is 2.10. The van der Waals surface area contributed by atoms with Gasteiger partial charge in [-0.25, -0.2) is 0 Å². The molecule has 7 heteroatoms. The van der Waals surface area contributed by atoms with Gasteiger partial charge in [-0.15, -0.1) is 11.3 Å². The summed E-state index contributed by atoms with van der Waals surface area (Å²) in [6.45, 7) is 0. The highest BCUT2D eigenvalue weighted by molar-refractivity contribution is 7.21. The topological polar surface area (TPSA) is 38.3 Å². The van der Waals surface area contributed by atoms with Crippen LogP contribution in [0.4, 0.5) is 5.69 Å². The molecule has 0 aliphatic rings. The molecule has 0 atom stereocenters. The number of thiophene rings is 1. The predicted octanol–water partition coefficient (Wildman–Crippen LogP) is 6.12. The van der Waals surface area contributed by atoms with E-state index in [4.69, 9.17) is 39.5 Å². The number of methoxy groups -OCH3 is 1. The van der Waals surface area contributed by atoms with Crippen molar-refractivity contribution in [1.82, 2.24) is 0 Å². The lowest BCUT2D eigenvalue weighted by Gasteiger charge is -2.07. The van der Waals surface area contributed by atoms with Crippen molar-refractivity contribution in [2.75, 3.05) is 12.4 Å². The third-order valence-corrected chi connectivity index (χ3v) is 5.73. The van der Waals surface area contributed by atoms with E-state index in [2.05, 4.69) is 5.32 Å². The molecule has 1 N–H and O–H groups in total. The molecular formula is C16H10Cl3NO2S. The molecular weight excluding hydrogens is 377 g/mol. The average molecular weight is 387 g/mol. The van der Waals surface area contributed by atoms with Gasteiger partial charge in [0.25, 0.3) is 5.91 Å². The van der Waals surface area contributed by atoms with Crippen molar-refractivity contribution in [3.05, 3.63) is 56.3 Å². The molecule has 0 saturated carbocycles. The molecule has 0 bridgehead atoms. The van der Waals surface area contributed by atoms with E-state index in [-0.39, 0.29) is 5.91 Å². The molecule has 1 aromatic heterocycles. The molecule has 118 valence electrons. The van der Waals surface area contributed by atoms with Crippen LogP contribution < -0.4 is 10.1 Å². The summed E-state index contributed by atoms with van der Waals surface area (Å²) in [6, 6.07) is 10.5. The van der Waals surface area contributed by atoms with Crippen LogP contribution in [-0.2, 0) is 0 Å². The molecule has 1 amide bonds. The molecule has 0 saturated heterocycles. The largest absolute Gasteiger partial charge is 0.497 e. The second kappa shape index (κ2) is 6.57. The Morgan fingerprint density at radius 2 is 1.91 bits per heavy atom.